The Hall–Kier alpha value is -1.21. The molecular formula is C27H46O6. The summed E-state index contributed by atoms with van der Waals surface area (Å²) in [5, 5.41) is 21.7. The van der Waals surface area contributed by atoms with Crippen LogP contribution in [0.25, 0.3) is 0 Å². The largest absolute Gasteiger partial charge is 0.456 e. The van der Waals surface area contributed by atoms with Gasteiger partial charge in [-0.25, -0.2) is 0 Å². The second-order valence-electron chi connectivity index (χ2n) is 10.6. The summed E-state index contributed by atoms with van der Waals surface area (Å²) in [6.45, 7) is 14.1. The Kier molecular flexibility index (Phi) is 10.6. The molecular weight excluding hydrogens is 420 g/mol. The van der Waals surface area contributed by atoms with Crippen molar-refractivity contribution >= 4 is 5.97 Å². The van der Waals surface area contributed by atoms with Crippen LogP contribution >= 0.6 is 0 Å². The van der Waals surface area contributed by atoms with Crippen molar-refractivity contribution in [1.29, 1.82) is 0 Å². The van der Waals surface area contributed by atoms with Crippen LogP contribution in [0.5, 0.6) is 0 Å². The fraction of sp³-hybridized carbons (Fsp3) is 0.815. The fourth-order valence-corrected chi connectivity index (χ4v) is 4.65. The van der Waals surface area contributed by atoms with Crippen molar-refractivity contribution in [3.63, 3.8) is 0 Å². The number of carbonyl (C=O) groups excluding carboxylic acids is 1. The zero-order chi connectivity index (χ0) is 24.8. The van der Waals surface area contributed by atoms with Gasteiger partial charge in [0.15, 0.2) is 12.4 Å². The van der Waals surface area contributed by atoms with Crippen LogP contribution in [0.4, 0.5) is 0 Å². The van der Waals surface area contributed by atoms with Crippen molar-refractivity contribution in [2.45, 2.75) is 130 Å². The first-order valence-corrected chi connectivity index (χ1v) is 12.6. The number of aliphatic hydroxyl groups is 2. The van der Waals surface area contributed by atoms with Gasteiger partial charge in [-0.2, -0.15) is 0 Å². The van der Waals surface area contributed by atoms with Crippen molar-refractivity contribution < 1.29 is 29.2 Å². The van der Waals surface area contributed by atoms with E-state index < -0.39 is 42.3 Å². The van der Waals surface area contributed by atoms with E-state index in [2.05, 4.69) is 39.8 Å². The topological polar surface area (TPSA) is 85.2 Å². The van der Waals surface area contributed by atoms with Crippen molar-refractivity contribution in [2.75, 3.05) is 0 Å². The zero-order valence-electron chi connectivity index (χ0n) is 21.7. The van der Waals surface area contributed by atoms with E-state index in [1.54, 1.807) is 6.92 Å². The molecule has 1 heterocycles. The molecule has 1 saturated heterocycles. The molecule has 1 aliphatic heterocycles. The van der Waals surface area contributed by atoms with Gasteiger partial charge in [0, 0.05) is 6.42 Å². The molecule has 190 valence electrons. The van der Waals surface area contributed by atoms with E-state index in [9.17, 15) is 15.0 Å². The molecule has 0 radical (unpaired) electrons. The number of carbonyl (C=O) groups is 1. The first-order chi connectivity index (χ1) is 15.5. The van der Waals surface area contributed by atoms with E-state index in [1.807, 2.05) is 13.8 Å². The van der Waals surface area contributed by atoms with Gasteiger partial charge in [-0.05, 0) is 78.6 Å². The number of hydrogen-bond donors (Lipinski definition) is 2. The molecule has 0 spiro atoms. The van der Waals surface area contributed by atoms with Crippen LogP contribution in [-0.4, -0.2) is 52.5 Å². The average Bonchev–Trinajstić information content (AvgIpc) is 2.75. The molecule has 6 heteroatoms. The predicted molar refractivity (Wildman–Crippen MR) is 130 cm³/mol. The number of esters is 1. The quantitative estimate of drug-likeness (QED) is 0.345. The van der Waals surface area contributed by atoms with Gasteiger partial charge in [0.05, 0.1) is 11.7 Å². The minimum Gasteiger partial charge on any atom is -0.456 e. The van der Waals surface area contributed by atoms with E-state index in [0.717, 1.165) is 38.5 Å². The summed E-state index contributed by atoms with van der Waals surface area (Å²) in [4.78, 5) is 12.4. The number of hydrogen-bond acceptors (Lipinski definition) is 6. The summed E-state index contributed by atoms with van der Waals surface area (Å²) in [5.74, 6) is 0.0490. The predicted octanol–water partition coefficient (Wildman–Crippen LogP) is 5.07. The van der Waals surface area contributed by atoms with Crippen LogP contribution < -0.4 is 0 Å². The van der Waals surface area contributed by atoms with Gasteiger partial charge in [-0.1, -0.05) is 43.6 Å². The summed E-state index contributed by atoms with van der Waals surface area (Å²) in [6, 6.07) is 0. The highest BCUT2D eigenvalue weighted by Crippen LogP contribution is 2.40. The second kappa shape index (κ2) is 12.5. The molecule has 2 rings (SSSR count). The Morgan fingerprint density at radius 1 is 1.33 bits per heavy atom. The summed E-state index contributed by atoms with van der Waals surface area (Å²) in [6.07, 6.45) is 5.16. The van der Waals surface area contributed by atoms with Gasteiger partial charge in [0.25, 0.3) is 0 Å². The van der Waals surface area contributed by atoms with Crippen molar-refractivity contribution in [2.24, 2.45) is 11.8 Å². The molecule has 0 saturated carbocycles. The van der Waals surface area contributed by atoms with Gasteiger partial charge >= 0.3 is 5.97 Å². The van der Waals surface area contributed by atoms with E-state index >= 15 is 0 Å². The van der Waals surface area contributed by atoms with E-state index in [0.29, 0.717) is 0 Å². The summed E-state index contributed by atoms with van der Waals surface area (Å²) in [7, 11) is 0. The molecule has 0 amide bonds. The zero-order valence-corrected chi connectivity index (χ0v) is 21.7. The molecule has 33 heavy (non-hydrogen) atoms. The van der Waals surface area contributed by atoms with Crippen molar-refractivity contribution in [3.05, 3.63) is 23.3 Å². The molecule has 0 aromatic carbocycles. The molecule has 0 unspecified atom stereocenters. The van der Waals surface area contributed by atoms with Crippen LogP contribution in [0.3, 0.4) is 0 Å². The third-order valence-electron chi connectivity index (χ3n) is 7.34. The Balaban J connectivity index is 2.19. The molecule has 6 nitrogen and oxygen atoms in total. The van der Waals surface area contributed by atoms with Gasteiger partial charge in [-0.3, -0.25) is 4.79 Å². The average molecular weight is 467 g/mol. The number of allylic oxidation sites excluding steroid dienone is 4. The maximum absolute atomic E-state index is 12.4. The first-order valence-electron chi connectivity index (χ1n) is 12.6. The van der Waals surface area contributed by atoms with Crippen LogP contribution in [-0.2, 0) is 19.0 Å². The van der Waals surface area contributed by atoms with Gasteiger partial charge in [0.2, 0.25) is 0 Å². The second-order valence-corrected chi connectivity index (χ2v) is 10.6. The Labute approximate surface area is 200 Å². The highest BCUT2D eigenvalue weighted by molar-refractivity contribution is 5.70. The van der Waals surface area contributed by atoms with Gasteiger partial charge < -0.3 is 24.4 Å². The normalized spacial score (nSPS) is 32.9. The molecule has 8 atom stereocenters. The lowest BCUT2D eigenvalue weighted by Crippen LogP contribution is -2.61. The van der Waals surface area contributed by atoms with E-state index in [1.165, 1.54) is 11.1 Å². The molecule has 0 aromatic rings. The number of aliphatic hydroxyl groups excluding tert-OH is 2. The van der Waals surface area contributed by atoms with Crippen LogP contribution in [0, 0.1) is 11.8 Å². The third kappa shape index (κ3) is 7.91. The Morgan fingerprint density at radius 2 is 2.03 bits per heavy atom. The van der Waals surface area contributed by atoms with E-state index in [-0.39, 0.29) is 18.3 Å². The van der Waals surface area contributed by atoms with Crippen molar-refractivity contribution in [1.82, 2.24) is 0 Å². The van der Waals surface area contributed by atoms with Crippen LogP contribution in [0.1, 0.15) is 93.4 Å². The minimum atomic E-state index is -1.26. The highest BCUT2D eigenvalue weighted by Gasteiger charge is 2.49. The lowest BCUT2D eigenvalue weighted by Gasteiger charge is -2.47. The highest BCUT2D eigenvalue weighted by atomic mass is 16.7. The lowest BCUT2D eigenvalue weighted by atomic mass is 9.76. The third-order valence-corrected chi connectivity index (χ3v) is 7.34. The lowest BCUT2D eigenvalue weighted by molar-refractivity contribution is -0.327. The van der Waals surface area contributed by atoms with Gasteiger partial charge in [0.1, 0.15) is 12.2 Å². The van der Waals surface area contributed by atoms with Crippen LogP contribution in [0.2, 0.25) is 0 Å². The molecule has 1 aliphatic carbocycles. The smallest absolute Gasteiger partial charge is 0.306 e. The molecule has 0 bridgehead atoms. The monoisotopic (exact) mass is 466 g/mol. The molecule has 0 aromatic heterocycles. The summed E-state index contributed by atoms with van der Waals surface area (Å²) < 4.78 is 18.0. The first kappa shape index (κ1) is 28.0. The van der Waals surface area contributed by atoms with E-state index in [4.69, 9.17) is 14.2 Å². The van der Waals surface area contributed by atoms with Crippen LogP contribution in [0.15, 0.2) is 23.3 Å². The standard InChI is InChI=1S/C27H46O6/c1-8-18(4)16-22(28)32-25-23(29)20(6)31-26(24(25)30)33-27(7,15-9-10-17(2)3)21-13-11-19(5)12-14-21/h10-11,18,20-21,23-26,29-30H,8-9,12-16H2,1-7H3/t18-,20+,21+,23-,24+,25-,26-,27-/m0/s1. The Morgan fingerprint density at radius 3 is 2.61 bits per heavy atom. The summed E-state index contributed by atoms with van der Waals surface area (Å²) >= 11 is 0. The minimum absolute atomic E-state index is 0.178. The number of rotatable bonds is 10. The number of ether oxygens (including phenoxy) is 3. The molecule has 2 N–H and O–H groups in total. The summed E-state index contributed by atoms with van der Waals surface area (Å²) in [5.41, 5.74) is 2.13. The molecule has 2 aliphatic rings. The fourth-order valence-electron chi connectivity index (χ4n) is 4.65. The van der Waals surface area contributed by atoms with Gasteiger partial charge in [-0.15, -0.1) is 0 Å². The SMILES string of the molecule is CC[C@H](C)CC(=O)O[C@H]1[C@@H](O)[C@@H](C)O[C@@H](O[C@@](C)(CCC=C(C)C)[C@@H]2CC=C(C)CC2)[C@@H]1O. The van der Waals surface area contributed by atoms with Crippen molar-refractivity contribution in [3.8, 4) is 0 Å². The Bertz CT molecular complexity index is 697. The maximum Gasteiger partial charge on any atom is 0.306 e. The molecule has 1 fully saturated rings. The maximum atomic E-state index is 12.4.